The summed E-state index contributed by atoms with van der Waals surface area (Å²) in [7, 11) is 0. The number of aromatic nitrogens is 2. The zero-order valence-electron chi connectivity index (χ0n) is 11.9. The van der Waals surface area contributed by atoms with Gasteiger partial charge in [0.05, 0.1) is 5.69 Å². The Balaban J connectivity index is 2.08. The van der Waals surface area contributed by atoms with Crippen molar-refractivity contribution >= 4 is 11.8 Å². The number of benzene rings is 1. The van der Waals surface area contributed by atoms with Crippen LogP contribution in [-0.2, 0) is 6.42 Å². The number of aryl methyl sites for hydroxylation is 1. The molecule has 21 heavy (non-hydrogen) atoms. The molecule has 6 nitrogen and oxygen atoms in total. The summed E-state index contributed by atoms with van der Waals surface area (Å²) in [5.74, 6) is -0.512. The molecule has 2 aromatic rings. The largest absolute Gasteiger partial charge is 0.508 e. The van der Waals surface area contributed by atoms with Gasteiger partial charge in [0.25, 0.3) is 0 Å². The van der Waals surface area contributed by atoms with E-state index in [2.05, 4.69) is 15.5 Å². The minimum Gasteiger partial charge on any atom is -0.508 e. The summed E-state index contributed by atoms with van der Waals surface area (Å²) < 4.78 is 0. The van der Waals surface area contributed by atoms with E-state index >= 15 is 0 Å². The van der Waals surface area contributed by atoms with Crippen LogP contribution in [0.15, 0.2) is 24.3 Å². The summed E-state index contributed by atoms with van der Waals surface area (Å²) >= 11 is 0. The van der Waals surface area contributed by atoms with E-state index in [9.17, 15) is 15.0 Å². The second-order valence-electron chi connectivity index (χ2n) is 4.78. The van der Waals surface area contributed by atoms with Crippen molar-refractivity contribution in [3.8, 4) is 5.75 Å². The lowest BCUT2D eigenvalue weighted by Gasteiger charge is -2.11. The lowest BCUT2D eigenvalue weighted by atomic mass is 10.1. The highest BCUT2D eigenvalue weighted by molar-refractivity contribution is 5.94. The standard InChI is InChI=1S/C15H17N3O3/c1-9-10(2)17-18-14(13(9)15(20)21)16-8-7-11-3-5-12(19)6-4-11/h3-6,19H,7-8H2,1-2H3,(H,16,18)(H,20,21). The molecule has 0 amide bonds. The van der Waals surface area contributed by atoms with Gasteiger partial charge in [-0.15, -0.1) is 5.10 Å². The van der Waals surface area contributed by atoms with Crippen LogP contribution in [0.4, 0.5) is 5.82 Å². The molecule has 0 aliphatic rings. The number of anilines is 1. The number of aromatic carboxylic acids is 1. The predicted molar refractivity (Wildman–Crippen MR) is 78.8 cm³/mol. The summed E-state index contributed by atoms with van der Waals surface area (Å²) in [6.07, 6.45) is 0.688. The highest BCUT2D eigenvalue weighted by atomic mass is 16.4. The van der Waals surface area contributed by atoms with Gasteiger partial charge in [0, 0.05) is 6.54 Å². The molecular formula is C15H17N3O3. The number of aromatic hydroxyl groups is 1. The van der Waals surface area contributed by atoms with E-state index in [1.165, 1.54) is 0 Å². The van der Waals surface area contributed by atoms with Crippen molar-refractivity contribution in [1.82, 2.24) is 10.2 Å². The minimum atomic E-state index is -1.02. The number of phenols is 1. The van der Waals surface area contributed by atoms with Gasteiger partial charge in [-0.1, -0.05) is 12.1 Å². The smallest absolute Gasteiger partial charge is 0.339 e. The molecule has 1 aromatic carbocycles. The monoisotopic (exact) mass is 287 g/mol. The first-order chi connectivity index (χ1) is 9.99. The zero-order valence-corrected chi connectivity index (χ0v) is 11.9. The molecule has 1 heterocycles. The fourth-order valence-corrected chi connectivity index (χ4v) is 1.98. The van der Waals surface area contributed by atoms with E-state index in [0.29, 0.717) is 24.2 Å². The summed E-state index contributed by atoms with van der Waals surface area (Å²) in [6, 6.07) is 6.88. The van der Waals surface area contributed by atoms with Gasteiger partial charge in [0.2, 0.25) is 0 Å². The number of phenolic OH excluding ortho intramolecular Hbond substituents is 1. The Bertz CT molecular complexity index is 654. The van der Waals surface area contributed by atoms with Crippen molar-refractivity contribution in [2.75, 3.05) is 11.9 Å². The van der Waals surface area contributed by atoms with E-state index in [4.69, 9.17) is 0 Å². The SMILES string of the molecule is Cc1nnc(NCCc2ccc(O)cc2)c(C(=O)O)c1C. The number of hydrogen-bond acceptors (Lipinski definition) is 5. The van der Waals surface area contributed by atoms with Gasteiger partial charge in [0.15, 0.2) is 5.82 Å². The molecule has 0 aliphatic heterocycles. The van der Waals surface area contributed by atoms with Crippen molar-refractivity contribution in [1.29, 1.82) is 0 Å². The highest BCUT2D eigenvalue weighted by Gasteiger charge is 2.17. The van der Waals surface area contributed by atoms with E-state index in [-0.39, 0.29) is 17.1 Å². The average Bonchev–Trinajstić information content (AvgIpc) is 2.44. The van der Waals surface area contributed by atoms with Gasteiger partial charge in [0.1, 0.15) is 11.3 Å². The average molecular weight is 287 g/mol. The Hall–Kier alpha value is -2.63. The molecular weight excluding hydrogens is 270 g/mol. The zero-order chi connectivity index (χ0) is 15.4. The molecule has 6 heteroatoms. The van der Waals surface area contributed by atoms with Crippen LogP contribution in [0.2, 0.25) is 0 Å². The molecule has 0 saturated heterocycles. The Labute approximate surface area is 122 Å². The van der Waals surface area contributed by atoms with Gasteiger partial charge in [-0.2, -0.15) is 5.10 Å². The van der Waals surface area contributed by atoms with Crippen LogP contribution in [0.3, 0.4) is 0 Å². The molecule has 0 atom stereocenters. The number of carboxylic acid groups (broad SMARTS) is 1. The first kappa shape index (κ1) is 14.8. The van der Waals surface area contributed by atoms with Crippen molar-refractivity contribution in [3.63, 3.8) is 0 Å². The van der Waals surface area contributed by atoms with E-state index < -0.39 is 5.97 Å². The Kier molecular flexibility index (Phi) is 4.37. The second-order valence-corrected chi connectivity index (χ2v) is 4.78. The molecule has 0 radical (unpaired) electrons. The van der Waals surface area contributed by atoms with Crippen molar-refractivity contribution < 1.29 is 15.0 Å². The molecule has 0 saturated carbocycles. The summed E-state index contributed by atoms with van der Waals surface area (Å²) in [5.41, 5.74) is 2.42. The molecule has 0 unspecified atom stereocenters. The van der Waals surface area contributed by atoms with Crippen LogP contribution in [0.1, 0.15) is 27.2 Å². The van der Waals surface area contributed by atoms with Crippen LogP contribution in [0, 0.1) is 13.8 Å². The first-order valence-corrected chi connectivity index (χ1v) is 6.58. The van der Waals surface area contributed by atoms with Gasteiger partial charge in [-0.25, -0.2) is 4.79 Å². The van der Waals surface area contributed by atoms with Crippen LogP contribution >= 0.6 is 0 Å². The number of carbonyl (C=O) groups is 1. The van der Waals surface area contributed by atoms with Crippen LogP contribution in [0.5, 0.6) is 5.75 Å². The number of carboxylic acids is 1. The predicted octanol–water partition coefficient (Wildman–Crippen LogP) is 2.15. The van der Waals surface area contributed by atoms with E-state index in [1.54, 1.807) is 26.0 Å². The molecule has 110 valence electrons. The third kappa shape index (κ3) is 3.47. The number of nitrogens with one attached hydrogen (secondary N) is 1. The fraction of sp³-hybridized carbons (Fsp3) is 0.267. The first-order valence-electron chi connectivity index (χ1n) is 6.58. The third-order valence-electron chi connectivity index (χ3n) is 3.31. The third-order valence-corrected chi connectivity index (χ3v) is 3.31. The molecule has 0 spiro atoms. The molecule has 3 N–H and O–H groups in total. The maximum atomic E-state index is 11.3. The Morgan fingerprint density at radius 2 is 1.86 bits per heavy atom. The van der Waals surface area contributed by atoms with Gasteiger partial charge >= 0.3 is 5.97 Å². The van der Waals surface area contributed by atoms with Gasteiger partial charge in [-0.3, -0.25) is 0 Å². The highest BCUT2D eigenvalue weighted by Crippen LogP contribution is 2.18. The number of nitrogens with zero attached hydrogens (tertiary/aromatic N) is 2. The topological polar surface area (TPSA) is 95.3 Å². The molecule has 2 rings (SSSR count). The normalized spacial score (nSPS) is 10.4. The fourth-order valence-electron chi connectivity index (χ4n) is 1.98. The van der Waals surface area contributed by atoms with Crippen molar-refractivity contribution in [2.45, 2.75) is 20.3 Å². The van der Waals surface area contributed by atoms with E-state index in [0.717, 1.165) is 5.56 Å². The maximum absolute atomic E-state index is 11.3. The molecule has 0 fully saturated rings. The lowest BCUT2D eigenvalue weighted by Crippen LogP contribution is -2.14. The lowest BCUT2D eigenvalue weighted by molar-refractivity contribution is 0.0696. The minimum absolute atomic E-state index is 0.160. The number of rotatable bonds is 5. The van der Waals surface area contributed by atoms with Crippen LogP contribution in [0.25, 0.3) is 0 Å². The maximum Gasteiger partial charge on any atom is 0.339 e. The Morgan fingerprint density at radius 3 is 2.48 bits per heavy atom. The molecule has 0 aliphatic carbocycles. The van der Waals surface area contributed by atoms with Gasteiger partial charge < -0.3 is 15.5 Å². The molecule has 1 aromatic heterocycles. The summed E-state index contributed by atoms with van der Waals surface area (Å²) in [6.45, 7) is 3.98. The molecule has 0 bridgehead atoms. The van der Waals surface area contributed by atoms with Crippen LogP contribution < -0.4 is 5.32 Å². The van der Waals surface area contributed by atoms with Crippen LogP contribution in [-0.4, -0.2) is 32.9 Å². The van der Waals surface area contributed by atoms with Crippen molar-refractivity contribution in [2.24, 2.45) is 0 Å². The Morgan fingerprint density at radius 1 is 1.19 bits per heavy atom. The second kappa shape index (κ2) is 6.21. The summed E-state index contributed by atoms with van der Waals surface area (Å²) in [4.78, 5) is 11.3. The van der Waals surface area contributed by atoms with Crippen molar-refractivity contribution in [3.05, 3.63) is 46.6 Å². The quantitative estimate of drug-likeness (QED) is 0.780. The van der Waals surface area contributed by atoms with E-state index in [1.807, 2.05) is 12.1 Å². The number of hydrogen-bond donors (Lipinski definition) is 3. The summed E-state index contributed by atoms with van der Waals surface area (Å²) in [5, 5.41) is 29.4. The van der Waals surface area contributed by atoms with Gasteiger partial charge in [-0.05, 0) is 43.5 Å².